The van der Waals surface area contributed by atoms with E-state index in [9.17, 15) is 0 Å². The van der Waals surface area contributed by atoms with Crippen LogP contribution in [0.2, 0.25) is 5.15 Å². The summed E-state index contributed by atoms with van der Waals surface area (Å²) in [7, 11) is 0. The maximum Gasteiger partial charge on any atom is 0.138 e. The van der Waals surface area contributed by atoms with Gasteiger partial charge in [0.15, 0.2) is 0 Å². The molecule has 1 unspecified atom stereocenters. The van der Waals surface area contributed by atoms with Gasteiger partial charge in [-0.1, -0.05) is 31.9 Å². The van der Waals surface area contributed by atoms with E-state index in [0.29, 0.717) is 17.1 Å². The Bertz CT molecular complexity index is 430. The van der Waals surface area contributed by atoms with Gasteiger partial charge < -0.3 is 10.2 Å². The molecule has 1 atom stereocenters. The number of anilines is 1. The van der Waals surface area contributed by atoms with Gasteiger partial charge >= 0.3 is 0 Å². The van der Waals surface area contributed by atoms with Crippen molar-refractivity contribution in [3.05, 3.63) is 17.0 Å². The predicted octanol–water partition coefficient (Wildman–Crippen LogP) is 3.54. The van der Waals surface area contributed by atoms with Crippen LogP contribution >= 0.6 is 11.6 Å². The van der Waals surface area contributed by atoms with Crippen molar-refractivity contribution in [2.24, 2.45) is 0 Å². The molecule has 5 heteroatoms. The zero-order chi connectivity index (χ0) is 14.5. The van der Waals surface area contributed by atoms with Gasteiger partial charge in [-0.15, -0.1) is 0 Å². The van der Waals surface area contributed by atoms with Gasteiger partial charge in [0.2, 0.25) is 0 Å². The molecule has 0 radical (unpaired) electrons. The summed E-state index contributed by atoms with van der Waals surface area (Å²) in [6, 6.07) is 0.358. The van der Waals surface area contributed by atoms with Crippen molar-refractivity contribution < 1.29 is 0 Å². The fourth-order valence-corrected chi connectivity index (χ4v) is 3.16. The molecule has 112 valence electrons. The molecule has 1 aromatic rings. The average Bonchev–Trinajstić information content (AvgIpc) is 2.39. The SMILES string of the molecule is CC(CN1CCCCC1)Nc1ncnc(Cl)c1C(C)C. The Balaban J connectivity index is 2.00. The summed E-state index contributed by atoms with van der Waals surface area (Å²) < 4.78 is 0. The highest BCUT2D eigenvalue weighted by atomic mass is 35.5. The second-order valence-corrected chi connectivity index (χ2v) is 6.35. The molecule has 1 aliphatic heterocycles. The van der Waals surface area contributed by atoms with Gasteiger partial charge in [-0.2, -0.15) is 0 Å². The molecule has 1 saturated heterocycles. The van der Waals surface area contributed by atoms with E-state index >= 15 is 0 Å². The lowest BCUT2D eigenvalue weighted by molar-refractivity contribution is 0.223. The highest BCUT2D eigenvalue weighted by Crippen LogP contribution is 2.28. The van der Waals surface area contributed by atoms with Gasteiger partial charge in [0.25, 0.3) is 0 Å². The van der Waals surface area contributed by atoms with Crippen molar-refractivity contribution in [1.29, 1.82) is 0 Å². The first-order chi connectivity index (χ1) is 9.58. The van der Waals surface area contributed by atoms with E-state index in [1.165, 1.54) is 38.7 Å². The molecule has 0 aromatic carbocycles. The minimum Gasteiger partial charge on any atom is -0.366 e. The molecule has 0 bridgehead atoms. The second kappa shape index (κ2) is 7.23. The predicted molar refractivity (Wildman–Crippen MR) is 84.5 cm³/mol. The molecule has 1 aliphatic rings. The van der Waals surface area contributed by atoms with Crippen molar-refractivity contribution in [3.63, 3.8) is 0 Å². The quantitative estimate of drug-likeness (QED) is 0.844. The Hall–Kier alpha value is -0.870. The molecule has 2 rings (SSSR count). The molecule has 1 fully saturated rings. The minimum absolute atomic E-state index is 0.313. The van der Waals surface area contributed by atoms with Crippen LogP contribution in [0.1, 0.15) is 51.5 Å². The Morgan fingerprint density at radius 1 is 1.20 bits per heavy atom. The maximum absolute atomic E-state index is 6.20. The summed E-state index contributed by atoms with van der Waals surface area (Å²) >= 11 is 6.20. The van der Waals surface area contributed by atoms with Gasteiger partial charge in [-0.3, -0.25) is 0 Å². The van der Waals surface area contributed by atoms with Crippen molar-refractivity contribution in [2.75, 3.05) is 25.0 Å². The lowest BCUT2D eigenvalue weighted by Crippen LogP contribution is -2.38. The van der Waals surface area contributed by atoms with Crippen molar-refractivity contribution >= 4 is 17.4 Å². The highest BCUT2D eigenvalue weighted by Gasteiger charge is 2.17. The summed E-state index contributed by atoms with van der Waals surface area (Å²) in [4.78, 5) is 11.0. The van der Waals surface area contributed by atoms with Crippen molar-refractivity contribution in [2.45, 2.75) is 52.0 Å². The molecule has 20 heavy (non-hydrogen) atoms. The third-order valence-electron chi connectivity index (χ3n) is 3.78. The van der Waals surface area contributed by atoms with Crippen LogP contribution in [-0.2, 0) is 0 Å². The normalized spacial score (nSPS) is 18.2. The summed E-state index contributed by atoms with van der Waals surface area (Å²) in [5.74, 6) is 1.19. The summed E-state index contributed by atoms with van der Waals surface area (Å²) in [6.45, 7) is 9.92. The van der Waals surface area contributed by atoms with E-state index in [1.54, 1.807) is 0 Å². The number of rotatable bonds is 5. The molecule has 4 nitrogen and oxygen atoms in total. The van der Waals surface area contributed by atoms with Crippen LogP contribution in [0.15, 0.2) is 6.33 Å². The largest absolute Gasteiger partial charge is 0.366 e. The Morgan fingerprint density at radius 2 is 1.90 bits per heavy atom. The van der Waals surface area contributed by atoms with Crippen molar-refractivity contribution in [3.8, 4) is 0 Å². The van der Waals surface area contributed by atoms with Gasteiger partial charge in [0.1, 0.15) is 17.3 Å². The topological polar surface area (TPSA) is 41.0 Å². The van der Waals surface area contributed by atoms with Crippen molar-refractivity contribution in [1.82, 2.24) is 14.9 Å². The molecular formula is C15H25ClN4. The second-order valence-electron chi connectivity index (χ2n) is 5.99. The van der Waals surface area contributed by atoms with Crippen LogP contribution in [0.5, 0.6) is 0 Å². The first kappa shape index (κ1) is 15.5. The number of hydrogen-bond donors (Lipinski definition) is 1. The molecule has 1 N–H and O–H groups in total. The fourth-order valence-electron chi connectivity index (χ4n) is 2.81. The van der Waals surface area contributed by atoms with Crippen LogP contribution in [0.3, 0.4) is 0 Å². The Kier molecular flexibility index (Phi) is 5.61. The number of aromatic nitrogens is 2. The lowest BCUT2D eigenvalue weighted by Gasteiger charge is -2.30. The Labute approximate surface area is 126 Å². The number of nitrogens with zero attached hydrogens (tertiary/aromatic N) is 3. The standard InChI is InChI=1S/C15H25ClN4/c1-11(2)13-14(16)17-10-18-15(13)19-12(3)9-20-7-5-4-6-8-20/h10-12H,4-9H2,1-3H3,(H,17,18,19). The molecule has 0 saturated carbocycles. The van der Waals surface area contributed by atoms with Crippen LogP contribution in [0.25, 0.3) is 0 Å². The van der Waals surface area contributed by atoms with Crippen LogP contribution in [-0.4, -0.2) is 40.5 Å². The fraction of sp³-hybridized carbons (Fsp3) is 0.733. The minimum atomic E-state index is 0.313. The summed E-state index contributed by atoms with van der Waals surface area (Å²) in [5, 5.41) is 4.06. The lowest BCUT2D eigenvalue weighted by atomic mass is 10.1. The van der Waals surface area contributed by atoms with E-state index < -0.39 is 0 Å². The zero-order valence-corrected chi connectivity index (χ0v) is 13.5. The molecule has 1 aromatic heterocycles. The van der Waals surface area contributed by atoms with E-state index in [2.05, 4.69) is 41.0 Å². The summed E-state index contributed by atoms with van der Waals surface area (Å²) in [5.41, 5.74) is 1.01. The zero-order valence-electron chi connectivity index (χ0n) is 12.7. The number of likely N-dealkylation sites (tertiary alicyclic amines) is 1. The third kappa shape index (κ3) is 4.06. The number of halogens is 1. The molecule has 2 heterocycles. The van der Waals surface area contributed by atoms with E-state index in [1.807, 2.05) is 0 Å². The van der Waals surface area contributed by atoms with Crippen LogP contribution in [0.4, 0.5) is 5.82 Å². The third-order valence-corrected chi connectivity index (χ3v) is 4.08. The summed E-state index contributed by atoms with van der Waals surface area (Å²) in [6.07, 6.45) is 5.55. The van der Waals surface area contributed by atoms with E-state index in [4.69, 9.17) is 11.6 Å². The maximum atomic E-state index is 6.20. The highest BCUT2D eigenvalue weighted by molar-refractivity contribution is 6.30. The molecule has 0 spiro atoms. The smallest absolute Gasteiger partial charge is 0.138 e. The number of hydrogen-bond acceptors (Lipinski definition) is 4. The van der Waals surface area contributed by atoms with E-state index in [0.717, 1.165) is 17.9 Å². The first-order valence-corrected chi connectivity index (χ1v) is 7.95. The molecule has 0 aliphatic carbocycles. The molecular weight excluding hydrogens is 272 g/mol. The van der Waals surface area contributed by atoms with E-state index in [-0.39, 0.29) is 0 Å². The molecule has 0 amide bonds. The van der Waals surface area contributed by atoms with Crippen LogP contribution in [0, 0.1) is 0 Å². The average molecular weight is 297 g/mol. The Morgan fingerprint density at radius 3 is 2.55 bits per heavy atom. The van der Waals surface area contributed by atoms with Gasteiger partial charge in [-0.05, 0) is 38.8 Å². The van der Waals surface area contributed by atoms with Crippen LogP contribution < -0.4 is 5.32 Å². The van der Waals surface area contributed by atoms with Gasteiger partial charge in [-0.25, -0.2) is 9.97 Å². The van der Waals surface area contributed by atoms with Gasteiger partial charge in [0.05, 0.1) is 0 Å². The number of nitrogens with one attached hydrogen (secondary N) is 1. The first-order valence-electron chi connectivity index (χ1n) is 7.57. The van der Waals surface area contributed by atoms with Gasteiger partial charge in [0, 0.05) is 18.2 Å². The number of piperidine rings is 1. The monoisotopic (exact) mass is 296 g/mol.